The summed E-state index contributed by atoms with van der Waals surface area (Å²) in [5.41, 5.74) is 0.722. The van der Waals surface area contributed by atoms with Crippen molar-refractivity contribution < 1.29 is 4.39 Å². The Morgan fingerprint density at radius 3 is 2.67 bits per heavy atom. The van der Waals surface area contributed by atoms with Gasteiger partial charge in [-0.3, -0.25) is 0 Å². The van der Waals surface area contributed by atoms with Crippen molar-refractivity contribution in [2.75, 3.05) is 0 Å². The summed E-state index contributed by atoms with van der Waals surface area (Å²) in [6.45, 7) is 1.74. The second-order valence-electron chi connectivity index (χ2n) is 1.83. The molecule has 0 nitrogen and oxygen atoms in total. The van der Waals surface area contributed by atoms with E-state index in [2.05, 4.69) is 6.07 Å². The molecule has 0 saturated heterocycles. The average molecular weight is 144 g/mol. The summed E-state index contributed by atoms with van der Waals surface area (Å²) in [4.78, 5) is 0. The Labute approximate surface area is 58.3 Å². The van der Waals surface area contributed by atoms with Gasteiger partial charge < -0.3 is 0 Å². The predicted molar refractivity (Wildman–Crippen MR) is 35.0 cm³/mol. The quantitative estimate of drug-likeness (QED) is 0.524. The maximum atomic E-state index is 12.3. The van der Waals surface area contributed by atoms with E-state index in [1.165, 1.54) is 12.1 Å². The second kappa shape index (κ2) is 2.36. The molecule has 0 amide bonds. The van der Waals surface area contributed by atoms with E-state index in [9.17, 15) is 4.39 Å². The molecule has 0 aliphatic heterocycles. The van der Waals surface area contributed by atoms with Crippen molar-refractivity contribution in [3.05, 3.63) is 34.6 Å². The highest BCUT2D eigenvalue weighted by Crippen LogP contribution is 2.11. The van der Waals surface area contributed by atoms with Crippen LogP contribution in [0.15, 0.2) is 12.1 Å². The molecular weight excluding hydrogens is 139 g/mol. The largest absolute Gasteiger partial charge is 0.207 e. The van der Waals surface area contributed by atoms with Crippen LogP contribution in [0.1, 0.15) is 5.56 Å². The lowest BCUT2D eigenvalue weighted by atomic mass is 10.2. The maximum absolute atomic E-state index is 12.3. The van der Waals surface area contributed by atoms with Gasteiger partial charge in [-0.2, -0.15) is 0 Å². The van der Waals surface area contributed by atoms with E-state index < -0.39 is 0 Å². The van der Waals surface area contributed by atoms with Crippen LogP contribution in [0, 0.1) is 18.8 Å². The lowest BCUT2D eigenvalue weighted by Crippen LogP contribution is -1.76. The predicted octanol–water partition coefficient (Wildman–Crippen LogP) is 2.59. The first kappa shape index (κ1) is 6.56. The van der Waals surface area contributed by atoms with Gasteiger partial charge >= 0.3 is 0 Å². The van der Waals surface area contributed by atoms with Crippen LogP contribution in [0.2, 0.25) is 5.02 Å². The number of aryl methyl sites for hydroxylation is 1. The fraction of sp³-hybridized carbons (Fsp3) is 0.143. The molecule has 0 aromatic heterocycles. The highest BCUT2D eigenvalue weighted by molar-refractivity contribution is 6.30. The minimum Gasteiger partial charge on any atom is -0.207 e. The SMILES string of the molecule is Cc1[c]c(Cl)cc(F)c1. The zero-order chi connectivity index (χ0) is 6.85. The van der Waals surface area contributed by atoms with Crippen molar-refractivity contribution >= 4 is 11.6 Å². The van der Waals surface area contributed by atoms with Gasteiger partial charge in [-0.15, -0.1) is 0 Å². The third-order valence-corrected chi connectivity index (χ3v) is 1.14. The summed E-state index contributed by atoms with van der Waals surface area (Å²) in [7, 11) is 0. The standard InChI is InChI=1S/C7H5ClF/c1-5-2-6(8)4-7(9)3-5/h3-4H,1H3. The van der Waals surface area contributed by atoms with Gasteiger partial charge in [0.1, 0.15) is 5.82 Å². The molecule has 1 aromatic rings. The topological polar surface area (TPSA) is 0 Å². The van der Waals surface area contributed by atoms with Gasteiger partial charge in [-0.05, 0) is 24.6 Å². The van der Waals surface area contributed by atoms with Crippen LogP contribution >= 0.6 is 11.6 Å². The Kier molecular flexibility index (Phi) is 1.72. The van der Waals surface area contributed by atoms with Crippen LogP contribution in [-0.2, 0) is 0 Å². The fourth-order valence-corrected chi connectivity index (χ4v) is 0.883. The molecule has 47 valence electrons. The van der Waals surface area contributed by atoms with E-state index in [4.69, 9.17) is 11.6 Å². The molecule has 0 aliphatic carbocycles. The molecule has 0 aliphatic rings. The number of benzene rings is 1. The lowest BCUT2D eigenvalue weighted by molar-refractivity contribution is 0.626. The minimum atomic E-state index is -0.309. The lowest BCUT2D eigenvalue weighted by Gasteiger charge is -1.91. The van der Waals surface area contributed by atoms with Crippen LogP contribution in [0.4, 0.5) is 4.39 Å². The third kappa shape index (κ3) is 1.68. The smallest absolute Gasteiger partial charge is 0.124 e. The Morgan fingerprint density at radius 2 is 2.22 bits per heavy atom. The summed E-state index contributed by atoms with van der Waals surface area (Å²) in [5.74, 6) is -0.309. The van der Waals surface area contributed by atoms with Crippen molar-refractivity contribution in [2.24, 2.45) is 0 Å². The van der Waals surface area contributed by atoms with Crippen LogP contribution < -0.4 is 0 Å². The molecule has 0 heterocycles. The number of hydrogen-bond acceptors (Lipinski definition) is 0. The molecule has 0 spiro atoms. The van der Waals surface area contributed by atoms with Crippen molar-refractivity contribution in [3.63, 3.8) is 0 Å². The number of halogens is 2. The second-order valence-corrected chi connectivity index (χ2v) is 2.24. The molecule has 0 unspecified atom stereocenters. The third-order valence-electron chi connectivity index (χ3n) is 0.936. The molecule has 2 heteroatoms. The van der Waals surface area contributed by atoms with Gasteiger partial charge in [-0.25, -0.2) is 4.39 Å². The Balaban J connectivity index is 3.17. The van der Waals surface area contributed by atoms with E-state index in [-0.39, 0.29) is 5.82 Å². The van der Waals surface area contributed by atoms with Gasteiger partial charge in [0.25, 0.3) is 0 Å². The molecule has 0 atom stereocenters. The van der Waals surface area contributed by atoms with E-state index in [0.29, 0.717) is 5.02 Å². The molecule has 1 radical (unpaired) electrons. The summed E-state index contributed by atoms with van der Waals surface area (Å²) in [6, 6.07) is 5.35. The van der Waals surface area contributed by atoms with Gasteiger partial charge in [0.15, 0.2) is 0 Å². The zero-order valence-corrected chi connectivity index (χ0v) is 5.67. The molecule has 0 fully saturated rings. The summed E-state index contributed by atoms with van der Waals surface area (Å²) >= 11 is 5.45. The summed E-state index contributed by atoms with van der Waals surface area (Å²) in [6.07, 6.45) is 0. The maximum Gasteiger partial charge on any atom is 0.124 e. The first-order valence-corrected chi connectivity index (χ1v) is 2.91. The highest BCUT2D eigenvalue weighted by atomic mass is 35.5. The van der Waals surface area contributed by atoms with Crippen LogP contribution in [0.5, 0.6) is 0 Å². The Bertz CT molecular complexity index is 170. The van der Waals surface area contributed by atoms with Crippen molar-refractivity contribution in [2.45, 2.75) is 6.92 Å². The molecular formula is C7H5ClF. The molecule has 0 saturated carbocycles. The first-order valence-electron chi connectivity index (χ1n) is 2.53. The van der Waals surface area contributed by atoms with Crippen LogP contribution in [0.25, 0.3) is 0 Å². The Hall–Kier alpha value is -0.560. The van der Waals surface area contributed by atoms with Crippen molar-refractivity contribution in [1.29, 1.82) is 0 Å². The zero-order valence-electron chi connectivity index (χ0n) is 4.91. The van der Waals surface area contributed by atoms with E-state index in [1.807, 2.05) is 0 Å². The molecule has 1 aromatic carbocycles. The van der Waals surface area contributed by atoms with Gasteiger partial charge in [0, 0.05) is 6.07 Å². The average Bonchev–Trinajstić information content (AvgIpc) is 1.59. The van der Waals surface area contributed by atoms with E-state index >= 15 is 0 Å². The van der Waals surface area contributed by atoms with Gasteiger partial charge in [-0.1, -0.05) is 11.6 Å². The minimum absolute atomic E-state index is 0.309. The normalized spacial score (nSPS) is 9.67. The van der Waals surface area contributed by atoms with Crippen LogP contribution in [0.3, 0.4) is 0 Å². The summed E-state index contributed by atoms with van der Waals surface area (Å²) < 4.78 is 12.3. The molecule has 0 bridgehead atoms. The first-order chi connectivity index (χ1) is 4.18. The van der Waals surface area contributed by atoms with E-state index in [1.54, 1.807) is 6.92 Å². The monoisotopic (exact) mass is 143 g/mol. The molecule has 0 N–H and O–H groups in total. The highest BCUT2D eigenvalue weighted by Gasteiger charge is 1.93. The number of hydrogen-bond donors (Lipinski definition) is 0. The Morgan fingerprint density at radius 1 is 1.56 bits per heavy atom. The number of rotatable bonds is 0. The molecule has 9 heavy (non-hydrogen) atoms. The summed E-state index contributed by atoms with van der Waals surface area (Å²) in [5, 5.41) is 0.326. The van der Waals surface area contributed by atoms with Crippen molar-refractivity contribution in [1.82, 2.24) is 0 Å². The fourth-order valence-electron chi connectivity index (χ4n) is 0.630. The van der Waals surface area contributed by atoms with Gasteiger partial charge in [0.2, 0.25) is 0 Å². The van der Waals surface area contributed by atoms with Crippen molar-refractivity contribution in [3.8, 4) is 0 Å². The van der Waals surface area contributed by atoms with Crippen LogP contribution in [-0.4, -0.2) is 0 Å². The molecule has 1 rings (SSSR count). The van der Waals surface area contributed by atoms with E-state index in [0.717, 1.165) is 5.56 Å². The van der Waals surface area contributed by atoms with Gasteiger partial charge in [0.05, 0.1) is 5.02 Å².